The molecule has 0 aromatic heterocycles. The molecule has 48 heavy (non-hydrogen) atoms. The Morgan fingerprint density at radius 1 is 0.896 bits per heavy atom. The Bertz CT molecular complexity index is 1510. The van der Waals surface area contributed by atoms with Crippen LogP contribution in [0, 0.1) is 5.92 Å². The predicted molar refractivity (Wildman–Crippen MR) is 191 cm³/mol. The zero-order valence-electron chi connectivity index (χ0n) is 27.3. The molecular weight excluding hydrogens is 744 g/mol. The second-order valence-corrected chi connectivity index (χ2v) is 15.0. The van der Waals surface area contributed by atoms with Gasteiger partial charge in [0.25, 0.3) is 0 Å². The van der Waals surface area contributed by atoms with Gasteiger partial charge in [-0.1, -0.05) is 18.2 Å². The van der Waals surface area contributed by atoms with E-state index in [-0.39, 0.29) is 42.3 Å². The standard InChI is InChI=1S/C34H44Br2N8O4/c1-40-14-16-42(17-15-40)31(45)23-6-10-41(11-7-23)32(46)29(20-22-18-26(35)30(37)27(36)19-22)39-33(47)43-12-8-25(9-13-43)44-21-24-4-2-3-5-28(24)38-34(44)48/h2-5,18-19,23,25,29H,6-17,20-21,37H2,1H3,(H,38,48)(H,39,47)/t29-/m1/s1. The summed E-state index contributed by atoms with van der Waals surface area (Å²) in [5.74, 6) is -0.0611. The van der Waals surface area contributed by atoms with Gasteiger partial charge in [-0.2, -0.15) is 0 Å². The van der Waals surface area contributed by atoms with E-state index < -0.39 is 6.04 Å². The Balaban J connectivity index is 1.08. The van der Waals surface area contributed by atoms with Crippen LogP contribution in [0.3, 0.4) is 0 Å². The molecule has 2 aromatic carbocycles. The summed E-state index contributed by atoms with van der Waals surface area (Å²) in [4.78, 5) is 63.4. The fourth-order valence-corrected chi connectivity index (χ4v) is 8.46. The number of para-hydroxylation sites is 1. The Kier molecular flexibility index (Phi) is 10.8. The second-order valence-electron chi connectivity index (χ2n) is 13.3. The number of anilines is 2. The van der Waals surface area contributed by atoms with Crippen molar-refractivity contribution in [3.8, 4) is 0 Å². The lowest BCUT2D eigenvalue weighted by atomic mass is 9.94. The van der Waals surface area contributed by atoms with Gasteiger partial charge in [0.15, 0.2) is 0 Å². The van der Waals surface area contributed by atoms with Gasteiger partial charge in [0, 0.05) is 91.9 Å². The largest absolute Gasteiger partial charge is 0.397 e. The number of carbonyl (C=O) groups is 4. The van der Waals surface area contributed by atoms with E-state index >= 15 is 0 Å². The summed E-state index contributed by atoms with van der Waals surface area (Å²) in [5, 5.41) is 6.04. The van der Waals surface area contributed by atoms with E-state index in [0.29, 0.717) is 73.0 Å². The molecule has 258 valence electrons. The van der Waals surface area contributed by atoms with Crippen molar-refractivity contribution in [2.75, 3.05) is 70.5 Å². The number of fused-ring (bicyclic) bond motifs is 1. The molecule has 4 aliphatic rings. The molecule has 0 saturated carbocycles. The number of hydrogen-bond donors (Lipinski definition) is 3. The number of nitrogens with two attached hydrogens (primary N) is 1. The van der Waals surface area contributed by atoms with Gasteiger partial charge in [0.1, 0.15) is 6.04 Å². The molecule has 12 nitrogen and oxygen atoms in total. The van der Waals surface area contributed by atoms with E-state index in [2.05, 4.69) is 54.4 Å². The Labute approximate surface area is 298 Å². The van der Waals surface area contributed by atoms with Crippen LogP contribution in [-0.4, -0.2) is 120 Å². The monoisotopic (exact) mass is 786 g/mol. The molecule has 0 radical (unpaired) electrons. The van der Waals surface area contributed by atoms with Gasteiger partial charge in [-0.15, -0.1) is 0 Å². The molecule has 4 heterocycles. The molecule has 0 bridgehead atoms. The molecule has 3 fully saturated rings. The van der Waals surface area contributed by atoms with Gasteiger partial charge < -0.3 is 40.9 Å². The molecule has 4 aliphatic heterocycles. The van der Waals surface area contributed by atoms with Gasteiger partial charge >= 0.3 is 12.1 Å². The van der Waals surface area contributed by atoms with Gasteiger partial charge in [-0.25, -0.2) is 9.59 Å². The van der Waals surface area contributed by atoms with Gasteiger partial charge in [-0.3, -0.25) is 9.59 Å². The highest BCUT2D eigenvalue weighted by atomic mass is 79.9. The SMILES string of the molecule is CN1CCN(C(=O)C2CCN(C(=O)[C@@H](Cc3cc(Br)c(N)c(Br)c3)NC(=O)N3CCC(N4Cc5ccccc5NC4=O)CC3)CC2)CC1. The van der Waals surface area contributed by atoms with Crippen LogP contribution in [-0.2, 0) is 22.6 Å². The zero-order chi connectivity index (χ0) is 33.9. The third kappa shape index (κ3) is 7.76. The number of likely N-dealkylation sites (N-methyl/N-ethyl adjacent to an activating group) is 1. The summed E-state index contributed by atoms with van der Waals surface area (Å²) in [6, 6.07) is 10.4. The van der Waals surface area contributed by atoms with Crippen LogP contribution in [0.25, 0.3) is 0 Å². The van der Waals surface area contributed by atoms with Crippen molar-refractivity contribution in [3.05, 3.63) is 56.5 Å². The highest BCUT2D eigenvalue weighted by Gasteiger charge is 2.36. The summed E-state index contributed by atoms with van der Waals surface area (Å²) in [6.45, 7) is 5.66. The van der Waals surface area contributed by atoms with Crippen molar-refractivity contribution in [1.82, 2.24) is 29.8 Å². The Hall–Kier alpha value is -3.36. The zero-order valence-corrected chi connectivity index (χ0v) is 30.5. The lowest BCUT2D eigenvalue weighted by molar-refractivity contribution is -0.142. The molecule has 2 aromatic rings. The number of nitrogens with one attached hydrogen (secondary N) is 2. The van der Waals surface area contributed by atoms with Gasteiger partial charge in [0.2, 0.25) is 11.8 Å². The highest BCUT2D eigenvalue weighted by Crippen LogP contribution is 2.31. The minimum absolute atomic E-state index is 0.0131. The lowest BCUT2D eigenvalue weighted by Crippen LogP contribution is -2.57. The molecule has 6 rings (SSSR count). The maximum Gasteiger partial charge on any atom is 0.322 e. The average molecular weight is 789 g/mol. The topological polar surface area (TPSA) is 135 Å². The first kappa shape index (κ1) is 34.5. The Morgan fingerprint density at radius 2 is 1.52 bits per heavy atom. The van der Waals surface area contributed by atoms with Crippen molar-refractivity contribution in [2.45, 2.75) is 50.7 Å². The number of rotatable bonds is 6. The van der Waals surface area contributed by atoms with E-state index in [4.69, 9.17) is 5.73 Å². The summed E-state index contributed by atoms with van der Waals surface area (Å²) < 4.78 is 1.41. The number of halogens is 2. The number of likely N-dealkylation sites (tertiary alicyclic amines) is 2. The first-order valence-electron chi connectivity index (χ1n) is 16.8. The van der Waals surface area contributed by atoms with Crippen molar-refractivity contribution in [3.63, 3.8) is 0 Å². The number of piperidine rings is 2. The fourth-order valence-electron chi connectivity index (χ4n) is 7.18. The van der Waals surface area contributed by atoms with Crippen LogP contribution in [0.15, 0.2) is 45.3 Å². The highest BCUT2D eigenvalue weighted by molar-refractivity contribution is 9.11. The number of piperazine rings is 1. The molecule has 0 spiro atoms. The molecule has 6 amide bonds. The first-order valence-corrected chi connectivity index (χ1v) is 18.4. The maximum atomic E-state index is 14.1. The average Bonchev–Trinajstić information content (AvgIpc) is 3.10. The van der Waals surface area contributed by atoms with Crippen molar-refractivity contribution >= 4 is 67.1 Å². The fraction of sp³-hybridized carbons (Fsp3) is 0.529. The molecule has 0 unspecified atom stereocenters. The van der Waals surface area contributed by atoms with Crippen LogP contribution in [0.2, 0.25) is 0 Å². The second kappa shape index (κ2) is 15.0. The van der Waals surface area contributed by atoms with Crippen molar-refractivity contribution in [2.24, 2.45) is 5.92 Å². The summed E-state index contributed by atoms with van der Waals surface area (Å²) in [5.41, 5.74) is 9.45. The number of carbonyl (C=O) groups excluding carboxylic acids is 4. The van der Waals surface area contributed by atoms with Gasteiger partial charge in [0.05, 0.1) is 5.69 Å². The van der Waals surface area contributed by atoms with Gasteiger partial charge in [-0.05, 0) is 93.9 Å². The minimum atomic E-state index is -0.799. The summed E-state index contributed by atoms with van der Waals surface area (Å²) in [7, 11) is 2.07. The van der Waals surface area contributed by atoms with Crippen LogP contribution < -0.4 is 16.4 Å². The van der Waals surface area contributed by atoms with Crippen LogP contribution in [0.4, 0.5) is 21.0 Å². The quantitative estimate of drug-likeness (QED) is 0.380. The number of nitrogens with zero attached hydrogens (tertiary/aromatic N) is 5. The number of nitrogen functional groups attached to an aromatic ring is 1. The lowest BCUT2D eigenvalue weighted by Gasteiger charge is -2.41. The normalized spacial score (nSPS) is 20.3. The molecule has 1 atom stereocenters. The van der Waals surface area contributed by atoms with E-state index in [9.17, 15) is 19.2 Å². The van der Waals surface area contributed by atoms with Crippen LogP contribution >= 0.6 is 31.9 Å². The Morgan fingerprint density at radius 3 is 2.19 bits per heavy atom. The molecular formula is C34H44Br2N8O4. The molecule has 4 N–H and O–H groups in total. The maximum absolute atomic E-state index is 14.1. The van der Waals surface area contributed by atoms with E-state index in [1.54, 1.807) is 9.80 Å². The van der Waals surface area contributed by atoms with E-state index in [1.807, 2.05) is 46.2 Å². The predicted octanol–water partition coefficient (Wildman–Crippen LogP) is 3.94. The molecule has 14 heteroatoms. The number of amides is 6. The van der Waals surface area contributed by atoms with E-state index in [1.165, 1.54) is 0 Å². The third-order valence-electron chi connectivity index (χ3n) is 10.2. The smallest absolute Gasteiger partial charge is 0.322 e. The summed E-state index contributed by atoms with van der Waals surface area (Å²) >= 11 is 7.01. The molecule has 0 aliphatic carbocycles. The van der Waals surface area contributed by atoms with Crippen LogP contribution in [0.1, 0.15) is 36.8 Å². The van der Waals surface area contributed by atoms with Crippen molar-refractivity contribution in [1.29, 1.82) is 0 Å². The minimum Gasteiger partial charge on any atom is -0.397 e. The number of hydrogen-bond acceptors (Lipinski definition) is 6. The number of urea groups is 2. The number of benzene rings is 2. The van der Waals surface area contributed by atoms with Crippen LogP contribution in [0.5, 0.6) is 0 Å². The summed E-state index contributed by atoms with van der Waals surface area (Å²) in [6.07, 6.45) is 2.80. The third-order valence-corrected chi connectivity index (χ3v) is 11.5. The van der Waals surface area contributed by atoms with E-state index in [0.717, 1.165) is 43.0 Å². The first-order chi connectivity index (χ1) is 23.1. The van der Waals surface area contributed by atoms with Crippen molar-refractivity contribution < 1.29 is 19.2 Å². The molecule has 3 saturated heterocycles.